The Morgan fingerprint density at radius 1 is 1.25 bits per heavy atom. The number of hydrogen-bond donors (Lipinski definition) is 2. The fourth-order valence-corrected chi connectivity index (χ4v) is 4.46. The molecule has 10 nitrogen and oxygen atoms in total. The van der Waals surface area contributed by atoms with E-state index in [2.05, 4.69) is 20.4 Å². The van der Waals surface area contributed by atoms with Crippen molar-refractivity contribution in [3.8, 4) is 5.75 Å². The van der Waals surface area contributed by atoms with Crippen LogP contribution < -0.4 is 15.6 Å². The number of ether oxygens (including phenoxy) is 1. The summed E-state index contributed by atoms with van der Waals surface area (Å²) in [5.74, 6) is 0.996. The number of rotatable bonds is 9. The average molecular weight is 462 g/mol. The third-order valence-electron chi connectivity index (χ3n) is 5.67. The fraction of sp³-hybridized carbons (Fsp3) is 0.476. The van der Waals surface area contributed by atoms with Gasteiger partial charge in [-0.25, -0.2) is 4.68 Å². The van der Waals surface area contributed by atoms with Crippen molar-refractivity contribution in [1.82, 2.24) is 19.7 Å². The van der Waals surface area contributed by atoms with Crippen molar-refractivity contribution in [2.75, 3.05) is 25.3 Å². The number of H-pyrrole nitrogens is 1. The fourth-order valence-electron chi connectivity index (χ4n) is 4.06. The van der Waals surface area contributed by atoms with E-state index in [1.807, 2.05) is 28.9 Å². The molecule has 2 N–H and O–H groups in total. The molecule has 0 radical (unpaired) electrons. The van der Waals surface area contributed by atoms with E-state index in [-0.39, 0.29) is 24.2 Å². The maximum atomic E-state index is 12.7. The summed E-state index contributed by atoms with van der Waals surface area (Å²) in [7, 11) is -1.98. The molecule has 0 amide bonds. The van der Waals surface area contributed by atoms with Crippen molar-refractivity contribution < 1.29 is 17.3 Å². The minimum Gasteiger partial charge on any atom is -0.497 e. The summed E-state index contributed by atoms with van der Waals surface area (Å²) in [5.41, 5.74) is 1.14. The zero-order chi connectivity index (χ0) is 22.7. The van der Waals surface area contributed by atoms with Crippen molar-refractivity contribution >= 4 is 27.1 Å². The van der Waals surface area contributed by atoms with Crippen LogP contribution in [0.15, 0.2) is 35.3 Å². The molecule has 1 unspecified atom stereocenters. The predicted molar refractivity (Wildman–Crippen MR) is 120 cm³/mol. The zero-order valence-electron chi connectivity index (χ0n) is 18.1. The van der Waals surface area contributed by atoms with Crippen LogP contribution in [0.5, 0.6) is 5.75 Å². The summed E-state index contributed by atoms with van der Waals surface area (Å²) in [6.45, 7) is -0.0188. The van der Waals surface area contributed by atoms with Crippen LogP contribution in [0.4, 0.5) is 5.95 Å². The SMILES string of the molecule is COc1ccc(C(CCOS(C)(=O)=O)Nc2nc3c(cnn3C3CCCC3)c(=O)[nH]2)cc1. The average Bonchev–Trinajstić information content (AvgIpc) is 3.42. The maximum Gasteiger partial charge on any atom is 0.264 e. The van der Waals surface area contributed by atoms with Crippen LogP contribution in [-0.2, 0) is 14.3 Å². The second kappa shape index (κ2) is 9.29. The second-order valence-corrected chi connectivity index (χ2v) is 9.61. The first-order valence-electron chi connectivity index (χ1n) is 10.6. The number of anilines is 1. The molecule has 0 saturated heterocycles. The van der Waals surface area contributed by atoms with E-state index in [4.69, 9.17) is 8.92 Å². The summed E-state index contributed by atoms with van der Waals surface area (Å²) in [6.07, 6.45) is 7.23. The van der Waals surface area contributed by atoms with Gasteiger partial charge in [0, 0.05) is 0 Å². The van der Waals surface area contributed by atoms with E-state index in [9.17, 15) is 13.2 Å². The number of benzene rings is 1. The first kappa shape index (κ1) is 22.3. The van der Waals surface area contributed by atoms with Gasteiger partial charge in [-0.2, -0.15) is 18.5 Å². The quantitative estimate of drug-likeness (QED) is 0.466. The first-order chi connectivity index (χ1) is 15.3. The Balaban J connectivity index is 1.63. The molecule has 1 fully saturated rings. The third-order valence-corrected chi connectivity index (χ3v) is 6.26. The first-order valence-corrected chi connectivity index (χ1v) is 12.4. The van der Waals surface area contributed by atoms with Gasteiger partial charge in [0.05, 0.1) is 38.3 Å². The number of hydrogen-bond acceptors (Lipinski definition) is 8. The van der Waals surface area contributed by atoms with Crippen LogP contribution in [-0.4, -0.2) is 48.1 Å². The summed E-state index contributed by atoms with van der Waals surface area (Å²) in [5, 5.41) is 8.10. The molecule has 1 aliphatic rings. The van der Waals surface area contributed by atoms with Crippen molar-refractivity contribution in [1.29, 1.82) is 0 Å². The lowest BCUT2D eigenvalue weighted by atomic mass is 10.0. The van der Waals surface area contributed by atoms with Crippen LogP contribution in [0.25, 0.3) is 11.0 Å². The molecular formula is C21H27N5O5S. The van der Waals surface area contributed by atoms with E-state index < -0.39 is 10.1 Å². The smallest absolute Gasteiger partial charge is 0.264 e. The molecule has 172 valence electrons. The molecule has 1 atom stereocenters. The van der Waals surface area contributed by atoms with E-state index >= 15 is 0 Å². The number of aromatic nitrogens is 4. The largest absolute Gasteiger partial charge is 0.497 e. The Kier molecular flexibility index (Phi) is 6.47. The topological polar surface area (TPSA) is 128 Å². The molecule has 11 heteroatoms. The molecule has 1 aliphatic carbocycles. The summed E-state index contributed by atoms with van der Waals surface area (Å²) < 4.78 is 34.8. The Bertz CT molecular complexity index is 1230. The molecule has 2 aromatic heterocycles. The molecule has 2 heterocycles. The van der Waals surface area contributed by atoms with Gasteiger partial charge in [-0.3, -0.25) is 14.0 Å². The lowest BCUT2D eigenvalue weighted by Gasteiger charge is -2.20. The summed E-state index contributed by atoms with van der Waals surface area (Å²) >= 11 is 0. The van der Waals surface area contributed by atoms with Crippen molar-refractivity contribution in [2.24, 2.45) is 0 Å². The summed E-state index contributed by atoms with van der Waals surface area (Å²) in [6, 6.07) is 7.26. The van der Waals surface area contributed by atoms with Gasteiger partial charge in [0.15, 0.2) is 5.65 Å². The molecule has 0 bridgehead atoms. The number of methoxy groups -OCH3 is 1. The minimum atomic E-state index is -3.56. The highest BCUT2D eigenvalue weighted by Crippen LogP contribution is 2.31. The Morgan fingerprint density at radius 2 is 1.97 bits per heavy atom. The molecule has 4 rings (SSSR count). The van der Waals surface area contributed by atoms with Crippen molar-refractivity contribution in [2.45, 2.75) is 44.2 Å². The van der Waals surface area contributed by atoms with Crippen LogP contribution in [0.3, 0.4) is 0 Å². The predicted octanol–water partition coefficient (Wildman–Crippen LogP) is 2.76. The number of fused-ring (bicyclic) bond motifs is 1. The highest BCUT2D eigenvalue weighted by molar-refractivity contribution is 7.85. The van der Waals surface area contributed by atoms with Gasteiger partial charge in [-0.15, -0.1) is 0 Å². The molecule has 0 spiro atoms. The highest BCUT2D eigenvalue weighted by atomic mass is 32.2. The second-order valence-electron chi connectivity index (χ2n) is 7.96. The molecule has 1 aromatic carbocycles. The van der Waals surface area contributed by atoms with Crippen molar-refractivity contribution in [3.63, 3.8) is 0 Å². The number of aromatic amines is 1. The Morgan fingerprint density at radius 3 is 2.62 bits per heavy atom. The molecule has 3 aromatic rings. The van der Waals surface area contributed by atoms with E-state index in [0.29, 0.717) is 29.2 Å². The van der Waals surface area contributed by atoms with Gasteiger partial charge in [0.1, 0.15) is 11.1 Å². The molecule has 32 heavy (non-hydrogen) atoms. The van der Waals surface area contributed by atoms with Crippen LogP contribution in [0, 0.1) is 0 Å². The van der Waals surface area contributed by atoms with Gasteiger partial charge in [0.25, 0.3) is 15.7 Å². The zero-order valence-corrected chi connectivity index (χ0v) is 18.9. The normalized spacial score (nSPS) is 15.8. The van der Waals surface area contributed by atoms with Gasteiger partial charge >= 0.3 is 0 Å². The molecule has 1 saturated carbocycles. The Hall–Kier alpha value is -2.92. The Labute approximate surface area is 186 Å². The lowest BCUT2D eigenvalue weighted by molar-refractivity contribution is 0.307. The standard InChI is InChI=1S/C21H27N5O5S/c1-30-16-9-7-14(8-10-16)18(11-12-31-32(2,28)29)23-21-24-19-17(20(27)25-21)13-22-26(19)15-5-3-4-6-15/h7-10,13,15,18H,3-6,11-12H2,1-2H3,(H2,23,24,25,27). The van der Waals surface area contributed by atoms with Crippen molar-refractivity contribution in [3.05, 3.63) is 46.4 Å². The molecule has 0 aliphatic heterocycles. The number of nitrogens with zero attached hydrogens (tertiary/aromatic N) is 3. The van der Waals surface area contributed by atoms with E-state index in [0.717, 1.165) is 37.5 Å². The monoisotopic (exact) mass is 461 g/mol. The van der Waals surface area contributed by atoms with Gasteiger partial charge in [-0.05, 0) is 37.0 Å². The maximum absolute atomic E-state index is 12.7. The number of nitrogens with one attached hydrogen (secondary N) is 2. The van der Waals surface area contributed by atoms with Gasteiger partial charge < -0.3 is 10.1 Å². The van der Waals surface area contributed by atoms with Gasteiger partial charge in [0.2, 0.25) is 5.95 Å². The van der Waals surface area contributed by atoms with Crippen LogP contribution in [0.2, 0.25) is 0 Å². The summed E-state index contributed by atoms with van der Waals surface area (Å²) in [4.78, 5) is 20.1. The lowest BCUT2D eigenvalue weighted by Crippen LogP contribution is -2.20. The van der Waals surface area contributed by atoms with Gasteiger partial charge in [-0.1, -0.05) is 25.0 Å². The minimum absolute atomic E-state index is 0.0188. The highest BCUT2D eigenvalue weighted by Gasteiger charge is 2.22. The third kappa shape index (κ3) is 5.10. The van der Waals surface area contributed by atoms with E-state index in [1.165, 1.54) is 0 Å². The van der Waals surface area contributed by atoms with Crippen LogP contribution >= 0.6 is 0 Å². The van der Waals surface area contributed by atoms with Crippen LogP contribution in [0.1, 0.15) is 49.8 Å². The van der Waals surface area contributed by atoms with E-state index in [1.54, 1.807) is 13.3 Å². The molecular weight excluding hydrogens is 434 g/mol.